The van der Waals surface area contributed by atoms with E-state index in [-0.39, 0.29) is 18.2 Å². The Hall–Kier alpha value is -1.39. The smallest absolute Gasteiger partial charge is 0.335 e. The lowest BCUT2D eigenvalue weighted by atomic mass is 10.1. The molecule has 122 valence electrons. The summed E-state index contributed by atoms with van der Waals surface area (Å²) in [5.74, 6) is -0.293. The normalized spacial score (nSPS) is 20.5. The van der Waals surface area contributed by atoms with E-state index in [1.807, 2.05) is 25.1 Å². The lowest BCUT2D eigenvalue weighted by molar-refractivity contribution is -0.162. The van der Waals surface area contributed by atoms with E-state index in [0.717, 1.165) is 32.3 Å². The molecule has 1 aromatic carbocycles. The maximum absolute atomic E-state index is 12.0. The molecule has 4 heteroatoms. The van der Waals surface area contributed by atoms with E-state index in [4.69, 9.17) is 14.2 Å². The fraction of sp³-hybridized carbons (Fsp3) is 0.611. The van der Waals surface area contributed by atoms with Crippen molar-refractivity contribution in [3.05, 3.63) is 35.9 Å². The molecule has 0 aromatic heterocycles. The third kappa shape index (κ3) is 5.78. The lowest BCUT2D eigenvalue weighted by Crippen LogP contribution is -2.30. The van der Waals surface area contributed by atoms with Crippen LogP contribution in [0.2, 0.25) is 0 Å². The number of aryl methyl sites for hydroxylation is 1. The molecule has 0 amide bonds. The standard InChI is InChI=1S/C18H26O4/c1-14(10-11-16-7-4-3-5-8-16)22-18(19)15(2)21-13-17-9-6-12-20-17/h3-5,7-8,14-15,17H,6,9-13H2,1-2H3. The second-order valence-corrected chi connectivity index (χ2v) is 5.88. The number of carbonyl (C=O) groups excluding carboxylic acids is 1. The second kappa shape index (κ2) is 8.91. The zero-order valence-corrected chi connectivity index (χ0v) is 13.5. The molecule has 0 saturated carbocycles. The van der Waals surface area contributed by atoms with Gasteiger partial charge in [0.15, 0.2) is 6.10 Å². The van der Waals surface area contributed by atoms with Crippen LogP contribution in [0.3, 0.4) is 0 Å². The van der Waals surface area contributed by atoms with E-state index < -0.39 is 6.10 Å². The van der Waals surface area contributed by atoms with E-state index in [2.05, 4.69) is 12.1 Å². The van der Waals surface area contributed by atoms with E-state index in [1.54, 1.807) is 6.92 Å². The first-order valence-corrected chi connectivity index (χ1v) is 8.13. The topological polar surface area (TPSA) is 44.8 Å². The molecule has 1 aliphatic rings. The van der Waals surface area contributed by atoms with Crippen LogP contribution in [0, 0.1) is 0 Å². The Bertz CT molecular complexity index is 440. The molecule has 0 N–H and O–H groups in total. The molecule has 1 aromatic rings. The van der Waals surface area contributed by atoms with Gasteiger partial charge in [0.2, 0.25) is 0 Å². The third-order valence-electron chi connectivity index (χ3n) is 3.89. The number of benzene rings is 1. The molecule has 0 bridgehead atoms. The summed E-state index contributed by atoms with van der Waals surface area (Å²) in [4.78, 5) is 12.0. The fourth-order valence-electron chi connectivity index (χ4n) is 2.46. The molecule has 4 nitrogen and oxygen atoms in total. The van der Waals surface area contributed by atoms with Gasteiger partial charge in [-0.2, -0.15) is 0 Å². The monoisotopic (exact) mass is 306 g/mol. The number of rotatable bonds is 8. The SMILES string of the molecule is CC(CCc1ccccc1)OC(=O)C(C)OCC1CCCO1. The van der Waals surface area contributed by atoms with Crippen molar-refractivity contribution in [1.29, 1.82) is 0 Å². The van der Waals surface area contributed by atoms with Crippen molar-refractivity contribution < 1.29 is 19.0 Å². The number of esters is 1. The summed E-state index contributed by atoms with van der Waals surface area (Å²) in [7, 11) is 0. The van der Waals surface area contributed by atoms with Crippen molar-refractivity contribution in [2.24, 2.45) is 0 Å². The van der Waals surface area contributed by atoms with Gasteiger partial charge in [0.25, 0.3) is 0 Å². The van der Waals surface area contributed by atoms with Crippen molar-refractivity contribution >= 4 is 5.97 Å². The van der Waals surface area contributed by atoms with Crippen molar-refractivity contribution in [3.8, 4) is 0 Å². The van der Waals surface area contributed by atoms with Crippen LogP contribution in [0.15, 0.2) is 30.3 Å². The van der Waals surface area contributed by atoms with Gasteiger partial charge < -0.3 is 14.2 Å². The first kappa shape index (κ1) is 17.0. The molecule has 22 heavy (non-hydrogen) atoms. The molecule has 3 unspecified atom stereocenters. The minimum absolute atomic E-state index is 0.110. The van der Waals surface area contributed by atoms with Gasteiger partial charge >= 0.3 is 5.97 Å². The second-order valence-electron chi connectivity index (χ2n) is 5.88. The summed E-state index contributed by atoms with van der Waals surface area (Å²) in [6, 6.07) is 10.2. The van der Waals surface area contributed by atoms with Gasteiger partial charge in [-0.1, -0.05) is 30.3 Å². The first-order chi connectivity index (χ1) is 10.6. The van der Waals surface area contributed by atoms with Crippen LogP contribution in [-0.4, -0.2) is 37.5 Å². The van der Waals surface area contributed by atoms with Crippen LogP contribution >= 0.6 is 0 Å². The highest BCUT2D eigenvalue weighted by molar-refractivity contribution is 5.74. The highest BCUT2D eigenvalue weighted by atomic mass is 16.6. The molecule has 0 spiro atoms. The van der Waals surface area contributed by atoms with Gasteiger partial charge in [0, 0.05) is 6.61 Å². The maximum Gasteiger partial charge on any atom is 0.335 e. The van der Waals surface area contributed by atoms with Crippen LogP contribution in [0.4, 0.5) is 0 Å². The van der Waals surface area contributed by atoms with Crippen LogP contribution < -0.4 is 0 Å². The predicted molar refractivity (Wildman–Crippen MR) is 84.7 cm³/mol. The molecular weight excluding hydrogens is 280 g/mol. The van der Waals surface area contributed by atoms with Crippen molar-refractivity contribution in [2.75, 3.05) is 13.2 Å². The van der Waals surface area contributed by atoms with Gasteiger partial charge in [-0.15, -0.1) is 0 Å². The highest BCUT2D eigenvalue weighted by Gasteiger charge is 2.22. The molecule has 1 saturated heterocycles. The molecule has 2 rings (SSSR count). The van der Waals surface area contributed by atoms with Crippen molar-refractivity contribution in [3.63, 3.8) is 0 Å². The van der Waals surface area contributed by atoms with Crippen LogP contribution in [0.1, 0.15) is 38.7 Å². The summed E-state index contributed by atoms with van der Waals surface area (Å²) < 4.78 is 16.5. The van der Waals surface area contributed by atoms with Gasteiger partial charge in [-0.05, 0) is 45.1 Å². The lowest BCUT2D eigenvalue weighted by Gasteiger charge is -2.18. The van der Waals surface area contributed by atoms with E-state index in [9.17, 15) is 4.79 Å². The molecule has 1 aliphatic heterocycles. The minimum atomic E-state index is -0.539. The third-order valence-corrected chi connectivity index (χ3v) is 3.89. The van der Waals surface area contributed by atoms with E-state index in [0.29, 0.717) is 6.61 Å². The first-order valence-electron chi connectivity index (χ1n) is 8.13. The maximum atomic E-state index is 12.0. The molecule has 0 radical (unpaired) electrons. The zero-order valence-electron chi connectivity index (χ0n) is 13.5. The molecule has 0 aliphatic carbocycles. The Balaban J connectivity index is 1.64. The number of hydrogen-bond donors (Lipinski definition) is 0. The van der Waals surface area contributed by atoms with Crippen LogP contribution in [-0.2, 0) is 25.4 Å². The summed E-state index contributed by atoms with van der Waals surface area (Å²) >= 11 is 0. The van der Waals surface area contributed by atoms with Gasteiger partial charge in [-0.3, -0.25) is 0 Å². The number of carbonyl (C=O) groups is 1. The fourth-order valence-corrected chi connectivity index (χ4v) is 2.46. The Morgan fingerprint density at radius 3 is 2.77 bits per heavy atom. The van der Waals surface area contributed by atoms with Crippen molar-refractivity contribution in [1.82, 2.24) is 0 Å². The zero-order chi connectivity index (χ0) is 15.8. The van der Waals surface area contributed by atoms with E-state index in [1.165, 1.54) is 5.56 Å². The van der Waals surface area contributed by atoms with E-state index >= 15 is 0 Å². The Labute approximate surface area is 132 Å². The average molecular weight is 306 g/mol. The summed E-state index contributed by atoms with van der Waals surface area (Å²) in [5, 5.41) is 0. The van der Waals surface area contributed by atoms with Gasteiger partial charge in [0.05, 0.1) is 18.8 Å². The number of ether oxygens (including phenoxy) is 3. The van der Waals surface area contributed by atoms with Crippen LogP contribution in [0.25, 0.3) is 0 Å². The molecule has 1 fully saturated rings. The number of hydrogen-bond acceptors (Lipinski definition) is 4. The van der Waals surface area contributed by atoms with Crippen molar-refractivity contribution in [2.45, 2.75) is 57.8 Å². The highest BCUT2D eigenvalue weighted by Crippen LogP contribution is 2.13. The molecular formula is C18H26O4. The predicted octanol–water partition coefficient (Wildman–Crippen LogP) is 3.14. The van der Waals surface area contributed by atoms with Gasteiger partial charge in [0.1, 0.15) is 0 Å². The Kier molecular flexibility index (Phi) is 6.87. The average Bonchev–Trinajstić information content (AvgIpc) is 3.05. The summed E-state index contributed by atoms with van der Waals surface area (Å²) in [6.45, 7) is 4.92. The quantitative estimate of drug-likeness (QED) is 0.692. The molecule has 3 atom stereocenters. The molecule has 1 heterocycles. The summed E-state index contributed by atoms with van der Waals surface area (Å²) in [5.41, 5.74) is 1.26. The Morgan fingerprint density at radius 2 is 2.09 bits per heavy atom. The largest absolute Gasteiger partial charge is 0.461 e. The summed E-state index contributed by atoms with van der Waals surface area (Å²) in [6.07, 6.45) is 3.28. The van der Waals surface area contributed by atoms with Gasteiger partial charge in [-0.25, -0.2) is 4.79 Å². The Morgan fingerprint density at radius 1 is 1.32 bits per heavy atom. The minimum Gasteiger partial charge on any atom is -0.461 e. The van der Waals surface area contributed by atoms with Crippen LogP contribution in [0.5, 0.6) is 0 Å².